The molecule has 3 heterocycles. The Labute approximate surface area is 98.4 Å². The number of phosphoric acid groups is 1. The van der Waals surface area contributed by atoms with Crippen LogP contribution in [0.1, 0.15) is 0 Å². The fourth-order valence-corrected chi connectivity index (χ4v) is 3.40. The lowest BCUT2D eigenvalue weighted by Gasteiger charge is -2.13. The molecule has 1 aromatic rings. The Morgan fingerprint density at radius 3 is 2.39 bits per heavy atom. The zero-order valence-corrected chi connectivity index (χ0v) is 9.69. The lowest BCUT2D eigenvalue weighted by molar-refractivity contribution is -0.126. The highest BCUT2D eigenvalue weighted by molar-refractivity contribution is 7.82. The van der Waals surface area contributed by atoms with Crippen molar-refractivity contribution in [3.8, 4) is 34.5 Å². The number of hydrogen-bond donors (Lipinski definition) is 1. The Hall–Kier alpha value is -1.84. The van der Waals surface area contributed by atoms with Gasteiger partial charge in [-0.25, -0.2) is 4.57 Å². The van der Waals surface area contributed by atoms with E-state index in [9.17, 15) is 18.1 Å². The van der Waals surface area contributed by atoms with Crippen LogP contribution in [0.15, 0.2) is 0 Å². The quantitative estimate of drug-likeness (QED) is 0.537. The molecule has 2 bridgehead atoms. The van der Waals surface area contributed by atoms with Crippen LogP contribution < -0.4 is 22.3 Å². The second kappa shape index (κ2) is 2.60. The van der Waals surface area contributed by atoms with Gasteiger partial charge in [0.05, 0.1) is 0 Å². The van der Waals surface area contributed by atoms with Crippen LogP contribution in [0, 0.1) is 0 Å². The lowest BCUT2D eigenvalue weighted by atomic mass is 10.2. The summed E-state index contributed by atoms with van der Waals surface area (Å²) in [5.74, 6) is -2.78. The fourth-order valence-electron chi connectivity index (χ4n) is 1.60. The smallest absolute Gasteiger partial charge is 0.501 e. The van der Waals surface area contributed by atoms with Crippen LogP contribution in [0.2, 0.25) is 0 Å². The van der Waals surface area contributed by atoms with Gasteiger partial charge in [-0.15, -0.1) is 8.42 Å². The topological polar surface area (TPSA) is 127 Å². The summed E-state index contributed by atoms with van der Waals surface area (Å²) in [6, 6.07) is 0. The molecule has 3 aliphatic rings. The molecule has 10 nitrogen and oxygen atoms in total. The molecule has 1 unspecified atom stereocenters. The average Bonchev–Trinajstić information content (AvgIpc) is 2.74. The van der Waals surface area contributed by atoms with Crippen molar-refractivity contribution in [3.05, 3.63) is 0 Å². The Kier molecular flexibility index (Phi) is 1.46. The van der Waals surface area contributed by atoms with Gasteiger partial charge < -0.3 is 27.4 Å². The van der Waals surface area contributed by atoms with Gasteiger partial charge in [0.1, 0.15) is 0 Å². The van der Waals surface area contributed by atoms with Crippen LogP contribution in [0.4, 0.5) is 0 Å². The molecule has 0 aromatic heterocycles. The summed E-state index contributed by atoms with van der Waals surface area (Å²) in [6.07, 6.45) is 0. The van der Waals surface area contributed by atoms with Gasteiger partial charge in [-0.2, -0.15) is 0 Å². The van der Waals surface area contributed by atoms with E-state index >= 15 is 0 Å². The Morgan fingerprint density at radius 1 is 0.944 bits per heavy atom. The maximum atomic E-state index is 11.6. The van der Waals surface area contributed by atoms with Crippen molar-refractivity contribution in [2.45, 2.75) is 0 Å². The van der Waals surface area contributed by atoms with E-state index in [1.165, 1.54) is 0 Å². The number of phenolic OH excluding ortho intramolecular Hbond substituents is 1. The summed E-state index contributed by atoms with van der Waals surface area (Å²) in [5.41, 5.74) is 0. The van der Waals surface area contributed by atoms with Gasteiger partial charge in [-0.3, -0.25) is 0 Å². The molecule has 3 aliphatic heterocycles. The van der Waals surface area contributed by atoms with Crippen LogP contribution >= 0.6 is 7.82 Å². The number of phenols is 1. The largest absolute Gasteiger partial charge is 0.625 e. The number of aromatic hydroxyl groups is 1. The standard InChI is InChI=1S/C6HO10PS/c7-1-2-5-4(11-16-17(8,12-2)13-5)6-3(1)14-18(9,10)15-6/h7H. The molecule has 96 valence electrons. The third-order valence-corrected chi connectivity index (χ3v) is 4.05. The third kappa shape index (κ3) is 1.06. The Morgan fingerprint density at radius 2 is 1.61 bits per heavy atom. The summed E-state index contributed by atoms with van der Waals surface area (Å²) in [5, 5.41) is 9.74. The summed E-state index contributed by atoms with van der Waals surface area (Å²) in [7, 11) is -8.34. The number of phosphoric ester groups is 1. The van der Waals surface area contributed by atoms with Crippen molar-refractivity contribution in [1.29, 1.82) is 0 Å². The first-order chi connectivity index (χ1) is 8.39. The molecule has 18 heavy (non-hydrogen) atoms. The fraction of sp³-hybridized carbons (Fsp3) is 0. The molecule has 1 atom stereocenters. The minimum absolute atomic E-state index is 0.276. The van der Waals surface area contributed by atoms with E-state index in [0.717, 1.165) is 0 Å². The van der Waals surface area contributed by atoms with Gasteiger partial charge in [-0.05, 0) is 0 Å². The first-order valence-electron chi connectivity index (χ1n) is 4.31. The summed E-state index contributed by atoms with van der Waals surface area (Å²) in [6.45, 7) is 0. The number of fused-ring (bicyclic) bond motifs is 3. The summed E-state index contributed by atoms with van der Waals surface area (Å²) < 4.78 is 56.5. The first kappa shape index (κ1) is 10.1. The molecule has 0 radical (unpaired) electrons. The highest BCUT2D eigenvalue weighted by Crippen LogP contribution is 2.73. The SMILES string of the molecule is O=P12OOc3c(c(c(O)c4c3OS(=O)(=O)O4)O1)O2. The van der Waals surface area contributed by atoms with Crippen molar-refractivity contribution >= 4 is 18.2 Å². The lowest BCUT2D eigenvalue weighted by Crippen LogP contribution is -2.09. The first-order valence-corrected chi connectivity index (χ1v) is 7.10. The van der Waals surface area contributed by atoms with Gasteiger partial charge in [-0.1, -0.05) is 4.67 Å². The summed E-state index contributed by atoms with van der Waals surface area (Å²) >= 11 is 0. The maximum Gasteiger partial charge on any atom is 0.625 e. The van der Waals surface area contributed by atoms with E-state index in [2.05, 4.69) is 17.9 Å². The third-order valence-electron chi connectivity index (χ3n) is 2.24. The average molecular weight is 296 g/mol. The number of hydrogen-bond acceptors (Lipinski definition) is 10. The van der Waals surface area contributed by atoms with Crippen molar-refractivity contribution in [2.75, 3.05) is 0 Å². The molecule has 0 saturated carbocycles. The second-order valence-corrected chi connectivity index (χ2v) is 5.92. The molecule has 1 aromatic carbocycles. The molecular formula is C6HO10PS. The van der Waals surface area contributed by atoms with Crippen LogP contribution in [0.5, 0.6) is 34.5 Å². The molecule has 1 N–H and O–H groups in total. The number of rotatable bonds is 0. The van der Waals surface area contributed by atoms with E-state index in [0.29, 0.717) is 0 Å². The van der Waals surface area contributed by atoms with Gasteiger partial charge in [0.2, 0.25) is 28.7 Å². The van der Waals surface area contributed by atoms with Crippen molar-refractivity contribution in [3.63, 3.8) is 0 Å². The molecule has 0 amide bonds. The minimum Gasteiger partial charge on any atom is -0.501 e. The normalized spacial score (nSPS) is 28.2. The molecule has 0 spiro atoms. The van der Waals surface area contributed by atoms with Crippen LogP contribution in [-0.2, 0) is 19.6 Å². The zero-order valence-electron chi connectivity index (χ0n) is 7.98. The van der Waals surface area contributed by atoms with Gasteiger partial charge in [0.15, 0.2) is 0 Å². The van der Waals surface area contributed by atoms with E-state index < -0.39 is 41.2 Å². The van der Waals surface area contributed by atoms with E-state index in [4.69, 9.17) is 9.05 Å². The minimum atomic E-state index is -4.35. The summed E-state index contributed by atoms with van der Waals surface area (Å²) in [4.78, 5) is 4.59. The zero-order chi connectivity index (χ0) is 12.7. The molecular weight excluding hydrogens is 295 g/mol. The van der Waals surface area contributed by atoms with Gasteiger partial charge in [0.25, 0.3) is 5.75 Å². The highest BCUT2D eigenvalue weighted by Gasteiger charge is 2.54. The molecule has 0 aliphatic carbocycles. The van der Waals surface area contributed by atoms with Crippen molar-refractivity contribution in [2.24, 2.45) is 0 Å². The van der Waals surface area contributed by atoms with Crippen LogP contribution in [0.3, 0.4) is 0 Å². The molecule has 0 fully saturated rings. The number of benzene rings is 1. The van der Waals surface area contributed by atoms with Crippen LogP contribution in [0.25, 0.3) is 0 Å². The van der Waals surface area contributed by atoms with Crippen molar-refractivity contribution < 1.29 is 45.1 Å². The van der Waals surface area contributed by atoms with E-state index in [1.807, 2.05) is 0 Å². The van der Waals surface area contributed by atoms with E-state index in [1.54, 1.807) is 0 Å². The predicted molar refractivity (Wildman–Crippen MR) is 48.9 cm³/mol. The van der Waals surface area contributed by atoms with E-state index in [-0.39, 0.29) is 11.5 Å². The maximum absolute atomic E-state index is 11.6. The highest BCUT2D eigenvalue weighted by atomic mass is 32.3. The monoisotopic (exact) mass is 296 g/mol. The Balaban J connectivity index is 2.08. The van der Waals surface area contributed by atoms with Crippen molar-refractivity contribution in [1.82, 2.24) is 0 Å². The second-order valence-electron chi connectivity index (χ2n) is 3.36. The van der Waals surface area contributed by atoms with Gasteiger partial charge >= 0.3 is 18.2 Å². The molecule has 12 heteroatoms. The van der Waals surface area contributed by atoms with Gasteiger partial charge in [0, 0.05) is 0 Å². The predicted octanol–water partition coefficient (Wildman–Crippen LogP) is 0.611. The van der Waals surface area contributed by atoms with Crippen LogP contribution in [-0.4, -0.2) is 13.5 Å². The Bertz CT molecular complexity index is 750. The molecule has 0 saturated heterocycles. The molecule has 4 rings (SSSR count).